The lowest BCUT2D eigenvalue weighted by Gasteiger charge is -2.01. The summed E-state index contributed by atoms with van der Waals surface area (Å²) in [5.74, 6) is -1.76. The molecule has 19 heavy (non-hydrogen) atoms. The zero-order valence-electron chi connectivity index (χ0n) is 9.28. The van der Waals surface area contributed by atoms with E-state index in [0.29, 0.717) is 5.39 Å². The fourth-order valence-corrected chi connectivity index (χ4v) is 2.28. The van der Waals surface area contributed by atoms with Crippen LogP contribution in [0.4, 0.5) is 8.78 Å². The molecular formula is C13H5BrF2NO2. The largest absolute Gasteiger partial charge is 0.354 e. The summed E-state index contributed by atoms with van der Waals surface area (Å²) in [5, 5.41) is 15.5. The van der Waals surface area contributed by atoms with Gasteiger partial charge in [0.25, 0.3) is 0 Å². The third-order valence-corrected chi connectivity index (χ3v) is 3.50. The molecule has 0 atom stereocenters. The first-order chi connectivity index (χ1) is 9.09. The Bertz CT molecular complexity index is 765. The van der Waals surface area contributed by atoms with Crippen LogP contribution in [-0.2, 0) is 5.11 Å². The van der Waals surface area contributed by atoms with E-state index in [9.17, 15) is 13.9 Å². The summed E-state index contributed by atoms with van der Waals surface area (Å²) in [6, 6.07) is 6.25. The Hall–Kier alpha value is -1.95. The number of fused-ring (bicyclic) bond motifs is 1. The van der Waals surface area contributed by atoms with Gasteiger partial charge in [-0.15, -0.1) is 0 Å². The number of nitrogens with zero attached hydrogens (tertiary/aromatic N) is 1. The maximum atomic E-state index is 13.7. The minimum absolute atomic E-state index is 0.0336. The van der Waals surface area contributed by atoms with Crippen LogP contribution < -0.4 is 0 Å². The molecule has 0 saturated heterocycles. The number of hydrogen-bond donors (Lipinski definition) is 0. The molecule has 0 N–H and O–H groups in total. The van der Waals surface area contributed by atoms with Crippen molar-refractivity contribution in [1.82, 2.24) is 5.16 Å². The lowest BCUT2D eigenvalue weighted by molar-refractivity contribution is 0.351. The number of rotatable bonds is 1. The highest BCUT2D eigenvalue weighted by Crippen LogP contribution is 2.38. The molecule has 0 aliphatic heterocycles. The van der Waals surface area contributed by atoms with Gasteiger partial charge in [-0.3, -0.25) is 5.11 Å². The molecule has 0 aliphatic rings. The summed E-state index contributed by atoms with van der Waals surface area (Å²) in [6.45, 7) is 0. The van der Waals surface area contributed by atoms with Crippen LogP contribution in [0.15, 0.2) is 39.3 Å². The van der Waals surface area contributed by atoms with E-state index in [0.717, 1.165) is 12.1 Å². The Morgan fingerprint density at radius 1 is 1.11 bits per heavy atom. The summed E-state index contributed by atoms with van der Waals surface area (Å²) in [7, 11) is 0. The average molecular weight is 325 g/mol. The molecule has 1 aromatic heterocycles. The van der Waals surface area contributed by atoms with Crippen LogP contribution in [-0.4, -0.2) is 5.16 Å². The highest BCUT2D eigenvalue weighted by atomic mass is 79.9. The molecule has 95 valence electrons. The second-order valence-corrected chi connectivity index (χ2v) is 4.68. The van der Waals surface area contributed by atoms with Gasteiger partial charge in [0.1, 0.15) is 21.8 Å². The van der Waals surface area contributed by atoms with Crippen LogP contribution in [0.3, 0.4) is 0 Å². The van der Waals surface area contributed by atoms with E-state index >= 15 is 0 Å². The summed E-state index contributed by atoms with van der Waals surface area (Å²) in [6.07, 6.45) is 0. The van der Waals surface area contributed by atoms with Gasteiger partial charge in [0.2, 0.25) is 0 Å². The van der Waals surface area contributed by atoms with Crippen molar-refractivity contribution >= 4 is 26.9 Å². The molecule has 0 amide bonds. The fourth-order valence-electron chi connectivity index (χ4n) is 1.86. The van der Waals surface area contributed by atoms with Crippen molar-refractivity contribution in [3.05, 3.63) is 46.4 Å². The van der Waals surface area contributed by atoms with Crippen LogP contribution in [0.2, 0.25) is 0 Å². The predicted molar refractivity (Wildman–Crippen MR) is 67.2 cm³/mol. The minimum Gasteiger partial charge on any atom is -0.354 e. The van der Waals surface area contributed by atoms with Gasteiger partial charge in [0.05, 0.1) is 10.9 Å². The third-order valence-electron chi connectivity index (χ3n) is 2.74. The molecule has 0 fully saturated rings. The van der Waals surface area contributed by atoms with E-state index in [1.54, 1.807) is 0 Å². The van der Waals surface area contributed by atoms with Crippen molar-refractivity contribution in [1.29, 1.82) is 0 Å². The molecule has 1 radical (unpaired) electrons. The molecule has 3 rings (SSSR count). The molecule has 0 aliphatic carbocycles. The molecule has 2 aromatic carbocycles. The van der Waals surface area contributed by atoms with Crippen LogP contribution in [0.5, 0.6) is 5.75 Å². The van der Waals surface area contributed by atoms with Gasteiger partial charge in [0, 0.05) is 0 Å². The molecular weight excluding hydrogens is 320 g/mol. The van der Waals surface area contributed by atoms with E-state index in [2.05, 4.69) is 21.1 Å². The Morgan fingerprint density at radius 2 is 1.79 bits per heavy atom. The average Bonchev–Trinajstić information content (AvgIpc) is 2.78. The second-order valence-electron chi connectivity index (χ2n) is 3.88. The van der Waals surface area contributed by atoms with Crippen molar-refractivity contribution in [2.24, 2.45) is 0 Å². The maximum Gasteiger partial charge on any atom is 0.196 e. The monoisotopic (exact) mass is 324 g/mol. The maximum absolute atomic E-state index is 13.7. The normalized spacial score (nSPS) is 11.1. The van der Waals surface area contributed by atoms with E-state index in [1.807, 2.05) is 0 Å². The quantitative estimate of drug-likeness (QED) is 0.652. The summed E-state index contributed by atoms with van der Waals surface area (Å²) in [5.41, 5.74) is -0.0664. The van der Waals surface area contributed by atoms with E-state index in [1.165, 1.54) is 18.2 Å². The zero-order valence-corrected chi connectivity index (χ0v) is 10.9. The lowest BCUT2D eigenvalue weighted by Crippen LogP contribution is -1.89. The number of benzene rings is 2. The number of hydrogen-bond acceptors (Lipinski definition) is 2. The SMILES string of the molecule is [O]c1ccc2c(-c3c(F)cccc3F)noc2c1Br. The zero-order chi connectivity index (χ0) is 13.6. The third kappa shape index (κ3) is 1.79. The summed E-state index contributed by atoms with van der Waals surface area (Å²) >= 11 is 3.07. The van der Waals surface area contributed by atoms with Gasteiger partial charge >= 0.3 is 0 Å². The van der Waals surface area contributed by atoms with Crippen molar-refractivity contribution in [3.8, 4) is 17.0 Å². The molecule has 3 nitrogen and oxygen atoms in total. The predicted octanol–water partition coefficient (Wildman–Crippen LogP) is 4.68. The Kier molecular flexibility index (Phi) is 2.74. The second kappa shape index (κ2) is 4.31. The number of aromatic nitrogens is 1. The van der Waals surface area contributed by atoms with E-state index in [-0.39, 0.29) is 27.1 Å². The van der Waals surface area contributed by atoms with Gasteiger partial charge in [-0.25, -0.2) is 8.78 Å². The molecule has 0 bridgehead atoms. The van der Waals surface area contributed by atoms with Gasteiger partial charge < -0.3 is 4.52 Å². The molecule has 6 heteroatoms. The van der Waals surface area contributed by atoms with Gasteiger partial charge in [-0.2, -0.15) is 0 Å². The smallest absolute Gasteiger partial charge is 0.196 e. The lowest BCUT2D eigenvalue weighted by atomic mass is 10.1. The first-order valence-electron chi connectivity index (χ1n) is 5.29. The molecule has 3 aromatic rings. The highest BCUT2D eigenvalue weighted by molar-refractivity contribution is 9.10. The van der Waals surface area contributed by atoms with Gasteiger partial charge in [-0.05, 0) is 40.2 Å². The molecule has 1 heterocycles. The molecule has 0 saturated carbocycles. The van der Waals surface area contributed by atoms with Crippen LogP contribution in [0.1, 0.15) is 0 Å². The molecule has 0 unspecified atom stereocenters. The van der Waals surface area contributed by atoms with E-state index < -0.39 is 11.6 Å². The van der Waals surface area contributed by atoms with Crippen molar-refractivity contribution < 1.29 is 18.4 Å². The molecule has 0 spiro atoms. The van der Waals surface area contributed by atoms with E-state index in [4.69, 9.17) is 4.52 Å². The Labute approximate surface area is 114 Å². The van der Waals surface area contributed by atoms with Crippen LogP contribution in [0, 0.1) is 11.6 Å². The first-order valence-corrected chi connectivity index (χ1v) is 6.08. The number of halogens is 3. The van der Waals surface area contributed by atoms with Gasteiger partial charge in [-0.1, -0.05) is 11.2 Å². The highest BCUT2D eigenvalue weighted by Gasteiger charge is 2.20. The Balaban J connectivity index is 2.36. The fraction of sp³-hybridized carbons (Fsp3) is 0. The Morgan fingerprint density at radius 3 is 2.47 bits per heavy atom. The van der Waals surface area contributed by atoms with Crippen molar-refractivity contribution in [2.45, 2.75) is 0 Å². The van der Waals surface area contributed by atoms with Crippen LogP contribution >= 0.6 is 15.9 Å². The van der Waals surface area contributed by atoms with Crippen molar-refractivity contribution in [3.63, 3.8) is 0 Å². The summed E-state index contributed by atoms with van der Waals surface area (Å²) < 4.78 is 32.6. The standard InChI is InChI=1S/C13H5BrF2NO2/c14-11-9(18)5-4-6-12(17-19-13(6)11)10-7(15)2-1-3-8(10)16/h1-5H. The first kappa shape index (κ1) is 12.1. The van der Waals surface area contributed by atoms with Gasteiger partial charge in [0.15, 0.2) is 11.3 Å². The topological polar surface area (TPSA) is 45.9 Å². The van der Waals surface area contributed by atoms with Crippen LogP contribution in [0.25, 0.3) is 22.2 Å². The minimum atomic E-state index is -0.738. The van der Waals surface area contributed by atoms with Crippen molar-refractivity contribution in [2.75, 3.05) is 0 Å². The summed E-state index contributed by atoms with van der Waals surface area (Å²) in [4.78, 5) is 0.